The van der Waals surface area contributed by atoms with Crippen LogP contribution < -0.4 is 5.32 Å². The minimum atomic E-state index is -0.275. The van der Waals surface area contributed by atoms with Crippen LogP contribution in [-0.4, -0.2) is 37.4 Å². The standard InChI is InChI=1S/C19H20Cl2N6OS/c1-4-5-22-18(28)17-16(10-29-19-23-11(2)6-12(3)24-19)27(26-25-17)15-8-13(20)7-14(21)9-15/h6-9H,4-5,10H2,1-3H3,(H,22,28). The zero-order valence-electron chi connectivity index (χ0n) is 16.2. The molecular weight excluding hydrogens is 431 g/mol. The van der Waals surface area contributed by atoms with Crippen LogP contribution in [0.2, 0.25) is 10.0 Å². The van der Waals surface area contributed by atoms with E-state index < -0.39 is 0 Å². The van der Waals surface area contributed by atoms with Crippen molar-refractivity contribution in [1.29, 1.82) is 0 Å². The lowest BCUT2D eigenvalue weighted by Crippen LogP contribution is -2.25. The molecule has 3 rings (SSSR count). The maximum Gasteiger partial charge on any atom is 0.273 e. The summed E-state index contributed by atoms with van der Waals surface area (Å²) in [5.41, 5.74) is 3.26. The van der Waals surface area contributed by atoms with Gasteiger partial charge in [-0.2, -0.15) is 0 Å². The van der Waals surface area contributed by atoms with Crippen LogP contribution in [0, 0.1) is 13.8 Å². The normalized spacial score (nSPS) is 10.9. The molecule has 0 bridgehead atoms. The van der Waals surface area contributed by atoms with Gasteiger partial charge in [-0.3, -0.25) is 4.79 Å². The van der Waals surface area contributed by atoms with Crippen LogP contribution in [-0.2, 0) is 5.75 Å². The van der Waals surface area contributed by atoms with Crippen molar-refractivity contribution < 1.29 is 4.79 Å². The maximum absolute atomic E-state index is 12.6. The van der Waals surface area contributed by atoms with E-state index in [4.69, 9.17) is 23.2 Å². The number of carbonyl (C=O) groups excluding carboxylic acids is 1. The predicted octanol–water partition coefficient (Wildman–Crippen LogP) is 4.41. The molecule has 0 fully saturated rings. The Morgan fingerprint density at radius 3 is 2.38 bits per heavy atom. The Morgan fingerprint density at radius 1 is 1.10 bits per heavy atom. The summed E-state index contributed by atoms with van der Waals surface area (Å²) in [7, 11) is 0. The van der Waals surface area contributed by atoms with Gasteiger partial charge < -0.3 is 5.32 Å². The van der Waals surface area contributed by atoms with E-state index in [1.807, 2.05) is 26.8 Å². The Balaban J connectivity index is 1.98. The van der Waals surface area contributed by atoms with E-state index in [2.05, 4.69) is 25.6 Å². The third kappa shape index (κ3) is 5.46. The predicted molar refractivity (Wildman–Crippen MR) is 115 cm³/mol. The second kappa shape index (κ2) is 9.56. The molecule has 1 aromatic carbocycles. The number of benzene rings is 1. The van der Waals surface area contributed by atoms with Gasteiger partial charge in [0.1, 0.15) is 0 Å². The minimum Gasteiger partial charge on any atom is -0.351 e. The third-order valence-electron chi connectivity index (χ3n) is 3.91. The zero-order chi connectivity index (χ0) is 21.0. The highest BCUT2D eigenvalue weighted by atomic mass is 35.5. The van der Waals surface area contributed by atoms with E-state index >= 15 is 0 Å². The van der Waals surface area contributed by atoms with E-state index in [1.165, 1.54) is 11.8 Å². The molecule has 29 heavy (non-hydrogen) atoms. The van der Waals surface area contributed by atoms with E-state index in [0.717, 1.165) is 17.8 Å². The first kappa shape index (κ1) is 21.5. The van der Waals surface area contributed by atoms with Crippen LogP contribution in [0.4, 0.5) is 0 Å². The molecule has 10 heteroatoms. The molecule has 1 N–H and O–H groups in total. The Morgan fingerprint density at radius 2 is 1.76 bits per heavy atom. The fourth-order valence-electron chi connectivity index (χ4n) is 2.69. The van der Waals surface area contributed by atoms with Crippen LogP contribution in [0.3, 0.4) is 0 Å². The van der Waals surface area contributed by atoms with Gasteiger partial charge in [-0.15, -0.1) is 5.10 Å². The fourth-order valence-corrected chi connectivity index (χ4v) is 4.15. The molecule has 0 unspecified atom stereocenters. The number of rotatable bonds is 7. The topological polar surface area (TPSA) is 85.6 Å². The molecule has 2 heterocycles. The first-order valence-corrected chi connectivity index (χ1v) is 10.8. The summed E-state index contributed by atoms with van der Waals surface area (Å²) in [6.45, 7) is 6.38. The quantitative estimate of drug-likeness (QED) is 0.423. The summed E-state index contributed by atoms with van der Waals surface area (Å²) in [6, 6.07) is 6.98. The molecule has 1 amide bonds. The number of aromatic nitrogens is 5. The Labute approximate surface area is 183 Å². The van der Waals surface area contributed by atoms with Crippen LogP contribution in [0.1, 0.15) is 40.9 Å². The average molecular weight is 451 g/mol. The van der Waals surface area contributed by atoms with Gasteiger partial charge in [0.05, 0.1) is 11.4 Å². The number of hydrogen-bond donors (Lipinski definition) is 1. The third-order valence-corrected chi connectivity index (χ3v) is 5.20. The van der Waals surface area contributed by atoms with Crippen molar-refractivity contribution in [3.05, 3.63) is 57.1 Å². The monoisotopic (exact) mass is 450 g/mol. The summed E-state index contributed by atoms with van der Waals surface area (Å²) in [5.74, 6) is 0.123. The molecule has 152 valence electrons. The number of hydrogen-bond acceptors (Lipinski definition) is 6. The number of nitrogens with zero attached hydrogens (tertiary/aromatic N) is 5. The Kier molecular flexibility index (Phi) is 7.10. The smallest absolute Gasteiger partial charge is 0.273 e. The van der Waals surface area contributed by atoms with Crippen LogP contribution >= 0.6 is 35.0 Å². The van der Waals surface area contributed by atoms with E-state index in [0.29, 0.717) is 38.9 Å². The first-order chi connectivity index (χ1) is 13.9. The van der Waals surface area contributed by atoms with Crippen molar-refractivity contribution in [3.63, 3.8) is 0 Å². The molecular formula is C19H20Cl2N6OS. The number of aryl methyl sites for hydroxylation is 2. The minimum absolute atomic E-state index is 0.256. The van der Waals surface area contributed by atoms with Gasteiger partial charge in [-0.25, -0.2) is 14.6 Å². The van der Waals surface area contributed by atoms with Gasteiger partial charge in [-0.1, -0.05) is 47.1 Å². The van der Waals surface area contributed by atoms with Gasteiger partial charge in [0, 0.05) is 33.7 Å². The highest BCUT2D eigenvalue weighted by molar-refractivity contribution is 7.98. The molecule has 0 atom stereocenters. The molecule has 0 spiro atoms. The highest BCUT2D eigenvalue weighted by Crippen LogP contribution is 2.26. The Bertz CT molecular complexity index is 999. The molecule has 0 aliphatic rings. The lowest BCUT2D eigenvalue weighted by Gasteiger charge is -2.09. The Hall–Kier alpha value is -2.16. The summed E-state index contributed by atoms with van der Waals surface area (Å²) in [5, 5.41) is 12.7. The van der Waals surface area contributed by atoms with Crippen molar-refractivity contribution in [2.45, 2.75) is 38.1 Å². The van der Waals surface area contributed by atoms with E-state index in [9.17, 15) is 4.79 Å². The van der Waals surface area contributed by atoms with E-state index in [1.54, 1.807) is 22.9 Å². The molecule has 7 nitrogen and oxygen atoms in total. The summed E-state index contributed by atoms with van der Waals surface area (Å²) in [4.78, 5) is 21.5. The number of carbonyl (C=O) groups is 1. The van der Waals surface area contributed by atoms with Crippen molar-refractivity contribution in [2.24, 2.45) is 0 Å². The van der Waals surface area contributed by atoms with Gasteiger partial charge >= 0.3 is 0 Å². The van der Waals surface area contributed by atoms with Crippen LogP contribution in [0.15, 0.2) is 29.4 Å². The second-order valence-corrected chi connectivity index (χ2v) is 8.22. The largest absolute Gasteiger partial charge is 0.351 e. The molecule has 0 aliphatic carbocycles. The van der Waals surface area contributed by atoms with Gasteiger partial charge in [0.15, 0.2) is 10.9 Å². The van der Waals surface area contributed by atoms with Crippen LogP contribution in [0.25, 0.3) is 5.69 Å². The zero-order valence-corrected chi connectivity index (χ0v) is 18.6. The van der Waals surface area contributed by atoms with Crippen LogP contribution in [0.5, 0.6) is 0 Å². The van der Waals surface area contributed by atoms with Crippen molar-refractivity contribution >= 4 is 40.9 Å². The van der Waals surface area contributed by atoms with Gasteiger partial charge in [-0.05, 0) is 44.5 Å². The summed E-state index contributed by atoms with van der Waals surface area (Å²) >= 11 is 13.7. The molecule has 2 aromatic heterocycles. The van der Waals surface area contributed by atoms with Crippen molar-refractivity contribution in [1.82, 2.24) is 30.3 Å². The number of nitrogens with one attached hydrogen (secondary N) is 1. The molecule has 0 saturated heterocycles. The molecule has 0 radical (unpaired) electrons. The fraction of sp³-hybridized carbons (Fsp3) is 0.316. The first-order valence-electron chi connectivity index (χ1n) is 9.01. The second-order valence-electron chi connectivity index (χ2n) is 6.40. The lowest BCUT2D eigenvalue weighted by atomic mass is 10.2. The number of amides is 1. The number of halogens is 2. The molecule has 0 saturated carbocycles. The summed E-state index contributed by atoms with van der Waals surface area (Å²) < 4.78 is 1.58. The van der Waals surface area contributed by atoms with Crippen molar-refractivity contribution in [2.75, 3.05) is 6.54 Å². The van der Waals surface area contributed by atoms with Crippen molar-refractivity contribution in [3.8, 4) is 5.69 Å². The molecule has 3 aromatic rings. The average Bonchev–Trinajstić information content (AvgIpc) is 3.07. The summed E-state index contributed by atoms with van der Waals surface area (Å²) in [6.07, 6.45) is 0.824. The molecule has 0 aliphatic heterocycles. The lowest BCUT2D eigenvalue weighted by molar-refractivity contribution is 0.0948. The van der Waals surface area contributed by atoms with E-state index in [-0.39, 0.29) is 11.6 Å². The maximum atomic E-state index is 12.6. The number of thioether (sulfide) groups is 1. The highest BCUT2D eigenvalue weighted by Gasteiger charge is 2.21. The van der Waals surface area contributed by atoms with Gasteiger partial charge in [0.2, 0.25) is 0 Å². The SMILES string of the molecule is CCCNC(=O)c1nnn(-c2cc(Cl)cc(Cl)c2)c1CSc1nc(C)cc(C)n1. The van der Waals surface area contributed by atoms with Gasteiger partial charge in [0.25, 0.3) is 5.91 Å².